The number of halogens is 1. The van der Waals surface area contributed by atoms with Crippen LogP contribution >= 0.6 is 15.9 Å². The summed E-state index contributed by atoms with van der Waals surface area (Å²) in [5.41, 5.74) is 1.42. The van der Waals surface area contributed by atoms with Crippen molar-refractivity contribution in [3.63, 3.8) is 0 Å². The van der Waals surface area contributed by atoms with Crippen LogP contribution in [0.4, 0.5) is 11.4 Å². The summed E-state index contributed by atoms with van der Waals surface area (Å²) in [6.07, 6.45) is 2.25. The van der Waals surface area contributed by atoms with Gasteiger partial charge in [-0.15, -0.1) is 0 Å². The first kappa shape index (κ1) is 32.1. The molecule has 0 fully saturated rings. The lowest BCUT2D eigenvalue weighted by atomic mass is 9.83. The highest BCUT2D eigenvalue weighted by atomic mass is 79.9. The van der Waals surface area contributed by atoms with Gasteiger partial charge in [0.05, 0.1) is 18.8 Å². The zero-order chi connectivity index (χ0) is 31.1. The highest BCUT2D eigenvalue weighted by molar-refractivity contribution is 9.10. The van der Waals surface area contributed by atoms with Crippen molar-refractivity contribution in [1.29, 1.82) is 0 Å². The Hall–Kier alpha value is -3.83. The third kappa shape index (κ3) is 7.40. The minimum atomic E-state index is -1.86. The number of benzene rings is 3. The van der Waals surface area contributed by atoms with Crippen LogP contribution in [0.1, 0.15) is 37.0 Å². The zero-order valence-electron chi connectivity index (χ0n) is 24.1. The minimum absolute atomic E-state index is 0.0500. The van der Waals surface area contributed by atoms with Crippen LogP contribution in [0.15, 0.2) is 89.4 Å². The second-order valence-electron chi connectivity index (χ2n) is 10.6. The van der Waals surface area contributed by atoms with Crippen molar-refractivity contribution in [2.45, 2.75) is 45.1 Å². The molecule has 0 bridgehead atoms. The summed E-state index contributed by atoms with van der Waals surface area (Å²) in [5.74, 6) is -1.84. The lowest BCUT2D eigenvalue weighted by Gasteiger charge is -2.28. The molecule has 0 radical (unpaired) electrons. The van der Waals surface area contributed by atoms with E-state index in [4.69, 9.17) is 0 Å². The van der Waals surface area contributed by atoms with Gasteiger partial charge in [0.1, 0.15) is 6.10 Å². The maximum Gasteiger partial charge on any atom is 0.264 e. The molecule has 43 heavy (non-hydrogen) atoms. The molecule has 1 aliphatic heterocycles. The Bertz CT molecular complexity index is 1480. The molecule has 3 aromatic rings. The van der Waals surface area contributed by atoms with E-state index in [0.29, 0.717) is 28.0 Å². The molecule has 0 saturated carbocycles. The summed E-state index contributed by atoms with van der Waals surface area (Å²) in [6, 6.07) is 21.8. The molecule has 4 N–H and O–H groups in total. The minimum Gasteiger partial charge on any atom is -0.395 e. The molecule has 1 heterocycles. The van der Waals surface area contributed by atoms with Gasteiger partial charge in [0.25, 0.3) is 11.8 Å². The van der Waals surface area contributed by atoms with E-state index in [9.17, 15) is 29.7 Å². The molecular weight excluding hydrogens is 614 g/mol. The molecule has 0 unspecified atom stereocenters. The van der Waals surface area contributed by atoms with E-state index in [1.807, 2.05) is 30.3 Å². The summed E-state index contributed by atoms with van der Waals surface area (Å²) in [6.45, 7) is 3.71. The van der Waals surface area contributed by atoms with Gasteiger partial charge in [0.15, 0.2) is 5.60 Å². The van der Waals surface area contributed by atoms with E-state index in [1.54, 1.807) is 66.4 Å². The maximum atomic E-state index is 13.9. The summed E-state index contributed by atoms with van der Waals surface area (Å²) >= 11 is 3.46. The number of aliphatic hydroxyl groups excluding tert-OH is 2. The lowest BCUT2D eigenvalue weighted by Crippen LogP contribution is -2.44. The average Bonchev–Trinajstić information content (AvgIpc) is 3.20. The largest absolute Gasteiger partial charge is 0.395 e. The number of carbonyl (C=O) groups excluding carboxylic acids is 3. The second-order valence-corrected chi connectivity index (χ2v) is 11.5. The van der Waals surface area contributed by atoms with E-state index in [-0.39, 0.29) is 32.0 Å². The van der Waals surface area contributed by atoms with Gasteiger partial charge < -0.3 is 30.4 Å². The number of hydrogen-bond donors (Lipinski definition) is 4. The van der Waals surface area contributed by atoms with Crippen LogP contribution in [0.2, 0.25) is 0 Å². The molecule has 0 saturated heterocycles. The monoisotopic (exact) mass is 649 g/mol. The molecule has 0 aliphatic carbocycles. The fourth-order valence-electron chi connectivity index (χ4n) is 5.06. The van der Waals surface area contributed by atoms with E-state index in [0.717, 1.165) is 11.1 Å². The second kappa shape index (κ2) is 14.1. The van der Waals surface area contributed by atoms with Crippen molar-refractivity contribution in [2.75, 3.05) is 23.4 Å². The number of carbonyl (C=O) groups is 3. The molecule has 9 nitrogen and oxygen atoms in total. The molecular formula is C33H36BrN3O6. The third-order valence-electron chi connectivity index (χ3n) is 7.49. The Morgan fingerprint density at radius 1 is 1.05 bits per heavy atom. The number of hydrogen-bond acceptors (Lipinski definition) is 6. The number of amides is 3. The third-order valence-corrected chi connectivity index (χ3v) is 7.98. The van der Waals surface area contributed by atoms with Gasteiger partial charge in [-0.3, -0.25) is 14.4 Å². The van der Waals surface area contributed by atoms with E-state index in [2.05, 4.69) is 21.2 Å². The quantitative estimate of drug-likeness (QED) is 0.219. The van der Waals surface area contributed by atoms with Crippen LogP contribution in [0.3, 0.4) is 0 Å². The van der Waals surface area contributed by atoms with Gasteiger partial charge in [0.2, 0.25) is 5.91 Å². The van der Waals surface area contributed by atoms with E-state index < -0.39 is 29.4 Å². The van der Waals surface area contributed by atoms with Crippen LogP contribution in [0.5, 0.6) is 0 Å². The molecule has 0 spiro atoms. The number of fused-ring (bicyclic) bond motifs is 1. The van der Waals surface area contributed by atoms with Crippen molar-refractivity contribution in [1.82, 2.24) is 4.90 Å². The van der Waals surface area contributed by atoms with E-state index >= 15 is 0 Å². The summed E-state index contributed by atoms with van der Waals surface area (Å²) in [7, 11) is 0. The molecule has 3 atom stereocenters. The Morgan fingerprint density at radius 3 is 2.40 bits per heavy atom. The molecule has 226 valence electrons. The fraction of sp³-hybridized carbons (Fsp3) is 0.303. The van der Waals surface area contributed by atoms with Crippen molar-refractivity contribution in [2.24, 2.45) is 5.92 Å². The van der Waals surface area contributed by atoms with Crippen molar-refractivity contribution in [3.8, 4) is 0 Å². The fourth-order valence-corrected chi connectivity index (χ4v) is 5.42. The predicted molar refractivity (Wildman–Crippen MR) is 168 cm³/mol. The number of aliphatic hydroxyl groups is 3. The smallest absolute Gasteiger partial charge is 0.264 e. The van der Waals surface area contributed by atoms with Crippen LogP contribution in [0.25, 0.3) is 0 Å². The summed E-state index contributed by atoms with van der Waals surface area (Å²) in [4.78, 5) is 41.7. The van der Waals surface area contributed by atoms with E-state index in [1.165, 1.54) is 11.8 Å². The number of nitrogens with one attached hydrogen (secondary N) is 1. The Kier molecular flexibility index (Phi) is 10.5. The average molecular weight is 651 g/mol. The van der Waals surface area contributed by atoms with Gasteiger partial charge in [-0.1, -0.05) is 77.5 Å². The van der Waals surface area contributed by atoms with Crippen molar-refractivity contribution < 1.29 is 29.7 Å². The van der Waals surface area contributed by atoms with Crippen LogP contribution in [-0.2, 0) is 33.1 Å². The number of nitrogens with zero attached hydrogens (tertiary/aromatic N) is 2. The molecule has 3 amide bonds. The van der Waals surface area contributed by atoms with Crippen molar-refractivity contribution in [3.05, 3.63) is 106 Å². The highest BCUT2D eigenvalue weighted by Gasteiger charge is 2.52. The normalized spacial score (nSPS) is 17.5. The van der Waals surface area contributed by atoms with Gasteiger partial charge >= 0.3 is 0 Å². The molecule has 4 rings (SSSR count). The van der Waals surface area contributed by atoms with Gasteiger partial charge in [-0.05, 0) is 48.4 Å². The molecule has 10 heteroatoms. The highest BCUT2D eigenvalue weighted by Crippen LogP contribution is 2.46. The Morgan fingerprint density at radius 2 is 1.74 bits per heavy atom. The maximum absolute atomic E-state index is 13.9. The SMILES string of the molecule is C[C@H](O)C(=O)Nc1ccc(CN2C(=O)[C@@](O)([C@@H](C)/C=C/CC(=O)N(CCO)Cc3ccccc3)c3cc(Br)ccc32)cc1. The lowest BCUT2D eigenvalue weighted by molar-refractivity contribution is -0.139. The predicted octanol–water partition coefficient (Wildman–Crippen LogP) is 4.11. The van der Waals surface area contributed by atoms with Crippen LogP contribution in [0, 0.1) is 5.92 Å². The van der Waals surface area contributed by atoms with Crippen molar-refractivity contribution >= 4 is 45.0 Å². The summed E-state index contributed by atoms with van der Waals surface area (Å²) in [5, 5.41) is 33.5. The summed E-state index contributed by atoms with van der Waals surface area (Å²) < 4.78 is 0.712. The first-order valence-electron chi connectivity index (χ1n) is 14.1. The zero-order valence-corrected chi connectivity index (χ0v) is 25.7. The first-order chi connectivity index (χ1) is 20.5. The number of rotatable bonds is 12. The Balaban J connectivity index is 1.50. The van der Waals surface area contributed by atoms with Gasteiger partial charge in [0, 0.05) is 41.2 Å². The van der Waals surface area contributed by atoms with Crippen LogP contribution in [-0.4, -0.2) is 57.2 Å². The number of anilines is 2. The molecule has 1 aliphatic rings. The standard InChI is InChI=1S/C33H36BrN3O6/c1-22(7-6-10-30(40)36(17-18-38)20-24-8-4-3-5-9-24)33(43)28-19-26(34)13-16-29(28)37(32(33)42)21-25-11-14-27(15-12-25)35-31(41)23(2)39/h3-9,11-16,19,22-23,38-39,43H,10,17-18,20-21H2,1-2H3,(H,35,41)/b7-6+/t22-,23-,33+/m0/s1. The first-order valence-corrected chi connectivity index (χ1v) is 14.8. The molecule has 0 aromatic heterocycles. The Labute approximate surface area is 259 Å². The topological polar surface area (TPSA) is 130 Å². The van der Waals surface area contributed by atoms with Crippen LogP contribution < -0.4 is 10.2 Å². The van der Waals surface area contributed by atoms with Gasteiger partial charge in [-0.25, -0.2) is 0 Å². The van der Waals surface area contributed by atoms with Gasteiger partial charge in [-0.2, -0.15) is 0 Å². The molecule has 3 aromatic carbocycles.